The molecule has 0 aromatic carbocycles. The molecule has 1 N–H and O–H groups in total. The van der Waals surface area contributed by atoms with Crippen LogP contribution in [0.4, 0.5) is 0 Å². The van der Waals surface area contributed by atoms with Crippen molar-refractivity contribution in [2.75, 3.05) is 13.7 Å². The Kier molecular flexibility index (Phi) is 5.10. The third-order valence-electron chi connectivity index (χ3n) is 4.47. The van der Waals surface area contributed by atoms with Crippen LogP contribution >= 0.6 is 0 Å². The van der Waals surface area contributed by atoms with Gasteiger partial charge in [0, 0.05) is 19.1 Å². The zero-order chi connectivity index (χ0) is 14.6. The van der Waals surface area contributed by atoms with E-state index in [-0.39, 0.29) is 11.6 Å². The second kappa shape index (κ2) is 6.63. The van der Waals surface area contributed by atoms with Crippen LogP contribution in [0.1, 0.15) is 45.4 Å². The number of aryl methyl sites for hydroxylation is 1. The summed E-state index contributed by atoms with van der Waals surface area (Å²) in [5.41, 5.74) is -0.0881. The van der Waals surface area contributed by atoms with Gasteiger partial charge in [-0.25, -0.2) is 0 Å². The van der Waals surface area contributed by atoms with Crippen LogP contribution in [0.5, 0.6) is 0 Å². The lowest BCUT2D eigenvalue weighted by atomic mass is 9.74. The quantitative estimate of drug-likeness (QED) is 0.852. The molecule has 6 heteroatoms. The summed E-state index contributed by atoms with van der Waals surface area (Å²) < 4.78 is 6.21. The van der Waals surface area contributed by atoms with Gasteiger partial charge in [-0.05, 0) is 50.8 Å². The number of ether oxygens (including phenoxy) is 1. The molecule has 0 bridgehead atoms. The molecule has 2 rings (SSSR count). The lowest BCUT2D eigenvalue weighted by molar-refractivity contribution is -0.0950. The minimum atomic E-state index is -0.0881. The van der Waals surface area contributed by atoms with Crippen molar-refractivity contribution in [2.24, 2.45) is 13.0 Å². The largest absolute Gasteiger partial charge is 0.374 e. The first-order chi connectivity index (χ1) is 9.59. The van der Waals surface area contributed by atoms with Crippen LogP contribution in [0.2, 0.25) is 0 Å². The molecule has 114 valence electrons. The normalized spacial score (nSPS) is 28.5. The molecule has 1 aromatic rings. The van der Waals surface area contributed by atoms with Gasteiger partial charge in [-0.2, -0.15) is 4.80 Å². The molecule has 1 unspecified atom stereocenters. The minimum absolute atomic E-state index is 0.0881. The maximum Gasteiger partial charge on any atom is 0.176 e. The molecule has 1 aliphatic carbocycles. The molecular weight excluding hydrogens is 254 g/mol. The van der Waals surface area contributed by atoms with Gasteiger partial charge >= 0.3 is 0 Å². The molecule has 1 atom stereocenters. The molecule has 6 nitrogen and oxygen atoms in total. The number of aromatic nitrogens is 4. The van der Waals surface area contributed by atoms with E-state index in [1.54, 1.807) is 7.05 Å². The van der Waals surface area contributed by atoms with E-state index in [4.69, 9.17) is 4.74 Å². The van der Waals surface area contributed by atoms with Gasteiger partial charge in [0.25, 0.3) is 0 Å². The van der Waals surface area contributed by atoms with Crippen molar-refractivity contribution < 1.29 is 4.74 Å². The summed E-state index contributed by atoms with van der Waals surface area (Å²) in [5.74, 6) is 1.58. The van der Waals surface area contributed by atoms with Gasteiger partial charge in [0.1, 0.15) is 0 Å². The Morgan fingerprint density at radius 3 is 2.65 bits per heavy atom. The molecule has 20 heavy (non-hydrogen) atoms. The molecule has 1 aliphatic rings. The van der Waals surface area contributed by atoms with Crippen LogP contribution in [0.15, 0.2) is 0 Å². The van der Waals surface area contributed by atoms with Crippen LogP contribution in [-0.2, 0) is 18.2 Å². The number of hydrogen-bond acceptors (Lipinski definition) is 5. The van der Waals surface area contributed by atoms with E-state index in [9.17, 15) is 0 Å². The Balaban J connectivity index is 2.12. The summed E-state index contributed by atoms with van der Waals surface area (Å²) >= 11 is 0. The van der Waals surface area contributed by atoms with Gasteiger partial charge < -0.3 is 10.1 Å². The smallest absolute Gasteiger partial charge is 0.176 e. The van der Waals surface area contributed by atoms with Crippen LogP contribution in [0.25, 0.3) is 0 Å². The first-order valence-electron chi connectivity index (χ1n) is 7.63. The first kappa shape index (κ1) is 15.4. The highest BCUT2D eigenvalue weighted by Gasteiger charge is 2.41. The zero-order valence-corrected chi connectivity index (χ0v) is 13.1. The van der Waals surface area contributed by atoms with Gasteiger partial charge in [0.15, 0.2) is 5.82 Å². The Bertz CT molecular complexity index is 411. The fraction of sp³-hybridized carbons (Fsp3) is 0.929. The second-order valence-corrected chi connectivity index (χ2v) is 5.92. The molecule has 0 amide bonds. The Morgan fingerprint density at radius 1 is 1.45 bits per heavy atom. The first-order valence-corrected chi connectivity index (χ1v) is 7.63. The van der Waals surface area contributed by atoms with Crippen molar-refractivity contribution in [3.05, 3.63) is 5.82 Å². The predicted octanol–water partition coefficient (Wildman–Crippen LogP) is 1.33. The molecule has 1 aromatic heterocycles. The number of tetrazole rings is 1. The number of rotatable bonds is 6. The van der Waals surface area contributed by atoms with E-state index < -0.39 is 0 Å². The molecule has 0 radical (unpaired) electrons. The van der Waals surface area contributed by atoms with Crippen molar-refractivity contribution >= 4 is 0 Å². The molecule has 1 heterocycles. The minimum Gasteiger partial charge on any atom is -0.374 e. The fourth-order valence-corrected chi connectivity index (χ4v) is 3.27. The zero-order valence-electron chi connectivity index (χ0n) is 13.1. The van der Waals surface area contributed by atoms with E-state index in [1.807, 2.05) is 7.05 Å². The van der Waals surface area contributed by atoms with Gasteiger partial charge in [-0.1, -0.05) is 6.92 Å². The van der Waals surface area contributed by atoms with Crippen molar-refractivity contribution in [2.45, 2.75) is 57.6 Å². The summed E-state index contributed by atoms with van der Waals surface area (Å²) in [6.45, 7) is 5.15. The average molecular weight is 281 g/mol. The van der Waals surface area contributed by atoms with Crippen molar-refractivity contribution in [3.63, 3.8) is 0 Å². The molecule has 0 aliphatic heterocycles. The Hall–Kier alpha value is -1.01. The van der Waals surface area contributed by atoms with E-state index in [1.165, 1.54) is 17.6 Å². The maximum atomic E-state index is 6.21. The van der Waals surface area contributed by atoms with E-state index in [2.05, 4.69) is 34.6 Å². The molecular formula is C14H27N5O. The summed E-state index contributed by atoms with van der Waals surface area (Å²) in [6, 6.07) is 0.235. The number of hydrogen-bond donors (Lipinski definition) is 1. The van der Waals surface area contributed by atoms with Crippen molar-refractivity contribution in [1.82, 2.24) is 25.5 Å². The number of nitrogens with one attached hydrogen (secondary N) is 1. The van der Waals surface area contributed by atoms with Crippen LogP contribution in [-0.4, -0.2) is 45.5 Å². The molecule has 1 saturated carbocycles. The number of likely N-dealkylation sites (N-methyl/N-ethyl adjacent to an activating group) is 1. The van der Waals surface area contributed by atoms with E-state index >= 15 is 0 Å². The second-order valence-electron chi connectivity index (χ2n) is 5.92. The lowest BCUT2D eigenvalue weighted by Gasteiger charge is -2.44. The third kappa shape index (κ3) is 3.35. The molecule has 0 saturated heterocycles. The Labute approximate surface area is 121 Å². The monoisotopic (exact) mass is 281 g/mol. The standard InChI is InChI=1S/C14H27N5O/c1-5-20-14(8-6-11(2)7-9-14)12(15-3)10-13-16-18-19(4)17-13/h11-12,15H,5-10H2,1-4H3. The highest BCUT2D eigenvalue weighted by molar-refractivity contribution is 5.00. The van der Waals surface area contributed by atoms with Crippen LogP contribution < -0.4 is 5.32 Å². The average Bonchev–Trinajstić information content (AvgIpc) is 2.85. The fourth-order valence-electron chi connectivity index (χ4n) is 3.27. The van der Waals surface area contributed by atoms with E-state index in [0.29, 0.717) is 0 Å². The molecule has 1 fully saturated rings. The third-order valence-corrected chi connectivity index (χ3v) is 4.47. The van der Waals surface area contributed by atoms with Gasteiger partial charge in [0.2, 0.25) is 0 Å². The van der Waals surface area contributed by atoms with Gasteiger partial charge in [0.05, 0.1) is 12.6 Å². The lowest BCUT2D eigenvalue weighted by Crippen LogP contribution is -2.54. The summed E-state index contributed by atoms with van der Waals surface area (Å²) in [7, 11) is 3.80. The Morgan fingerprint density at radius 2 is 2.15 bits per heavy atom. The van der Waals surface area contributed by atoms with Gasteiger partial charge in [-0.3, -0.25) is 0 Å². The topological polar surface area (TPSA) is 64.9 Å². The number of nitrogens with zero attached hydrogens (tertiary/aromatic N) is 4. The summed E-state index contributed by atoms with van der Waals surface area (Å²) in [5, 5.41) is 15.8. The summed E-state index contributed by atoms with van der Waals surface area (Å²) in [6.07, 6.45) is 5.43. The van der Waals surface area contributed by atoms with Crippen molar-refractivity contribution in [3.8, 4) is 0 Å². The highest BCUT2D eigenvalue weighted by Crippen LogP contribution is 2.38. The van der Waals surface area contributed by atoms with Crippen molar-refractivity contribution in [1.29, 1.82) is 0 Å². The maximum absolute atomic E-state index is 6.21. The summed E-state index contributed by atoms with van der Waals surface area (Å²) in [4.78, 5) is 1.51. The van der Waals surface area contributed by atoms with Crippen LogP contribution in [0, 0.1) is 5.92 Å². The highest BCUT2D eigenvalue weighted by atomic mass is 16.5. The van der Waals surface area contributed by atoms with Crippen LogP contribution in [0.3, 0.4) is 0 Å². The van der Waals surface area contributed by atoms with E-state index in [0.717, 1.165) is 37.6 Å². The predicted molar refractivity (Wildman–Crippen MR) is 77.3 cm³/mol. The SMILES string of the molecule is CCOC1(C(Cc2nnn(C)n2)NC)CCC(C)CC1. The van der Waals surface area contributed by atoms with Gasteiger partial charge in [-0.15, -0.1) is 10.2 Å². The molecule has 0 spiro atoms.